The van der Waals surface area contributed by atoms with Crippen molar-refractivity contribution in [2.24, 2.45) is 0 Å². The van der Waals surface area contributed by atoms with Gasteiger partial charge in [-0.3, -0.25) is 0 Å². The van der Waals surface area contributed by atoms with E-state index in [4.69, 9.17) is 9.47 Å². The maximum absolute atomic E-state index is 6.01. The average Bonchev–Trinajstić information content (AvgIpc) is 2.19. The highest BCUT2D eigenvalue weighted by Crippen LogP contribution is 2.28. The van der Waals surface area contributed by atoms with Crippen LogP contribution in [0.5, 0.6) is 0 Å². The maximum atomic E-state index is 6.01. The molecule has 84 valence electrons. The molecular weight excluding hydrogens is 178 g/mol. The van der Waals surface area contributed by atoms with Gasteiger partial charge in [0, 0.05) is 19.8 Å². The Morgan fingerprint density at radius 3 is 2.43 bits per heavy atom. The van der Waals surface area contributed by atoms with Crippen LogP contribution in [0.1, 0.15) is 26.2 Å². The van der Waals surface area contributed by atoms with Gasteiger partial charge in [0.1, 0.15) is 0 Å². The fourth-order valence-electron chi connectivity index (χ4n) is 1.79. The highest BCUT2D eigenvalue weighted by Gasteiger charge is 2.31. The van der Waals surface area contributed by atoms with Gasteiger partial charge in [-0.25, -0.2) is 0 Å². The molecule has 3 nitrogen and oxygen atoms in total. The zero-order valence-electron chi connectivity index (χ0n) is 9.71. The van der Waals surface area contributed by atoms with Crippen LogP contribution in [0.15, 0.2) is 0 Å². The lowest BCUT2D eigenvalue weighted by molar-refractivity contribution is -0.114. The third-order valence-electron chi connectivity index (χ3n) is 3.00. The van der Waals surface area contributed by atoms with Crippen molar-refractivity contribution in [3.63, 3.8) is 0 Å². The second-order valence-corrected chi connectivity index (χ2v) is 4.30. The van der Waals surface area contributed by atoms with E-state index in [-0.39, 0.29) is 5.60 Å². The van der Waals surface area contributed by atoms with Crippen LogP contribution >= 0.6 is 0 Å². The van der Waals surface area contributed by atoms with E-state index in [0.717, 1.165) is 45.6 Å². The molecule has 3 heteroatoms. The van der Waals surface area contributed by atoms with Crippen molar-refractivity contribution in [1.29, 1.82) is 0 Å². The molecule has 0 aliphatic carbocycles. The van der Waals surface area contributed by atoms with Crippen molar-refractivity contribution >= 4 is 0 Å². The summed E-state index contributed by atoms with van der Waals surface area (Å²) in [5.74, 6) is 0. The quantitative estimate of drug-likeness (QED) is 0.673. The van der Waals surface area contributed by atoms with Crippen LogP contribution in [0.25, 0.3) is 0 Å². The van der Waals surface area contributed by atoms with Gasteiger partial charge >= 0.3 is 0 Å². The lowest BCUT2D eigenvalue weighted by Gasteiger charge is -2.36. The van der Waals surface area contributed by atoms with Gasteiger partial charge in [0.25, 0.3) is 0 Å². The Kier molecular flexibility index (Phi) is 4.85. The minimum atomic E-state index is 0.105. The third-order valence-corrected chi connectivity index (χ3v) is 3.00. The zero-order valence-corrected chi connectivity index (χ0v) is 9.71. The van der Waals surface area contributed by atoms with Crippen LogP contribution < -0.4 is 0 Å². The van der Waals surface area contributed by atoms with Gasteiger partial charge in [-0.05, 0) is 33.4 Å². The van der Waals surface area contributed by atoms with E-state index >= 15 is 0 Å². The lowest BCUT2D eigenvalue weighted by atomic mass is 9.91. The first-order chi connectivity index (χ1) is 6.68. The maximum Gasteiger partial charge on any atom is 0.0724 e. The third kappa shape index (κ3) is 3.56. The SMILES string of the molecule is CCC1(OCCN(C)C)CCOCC1. The smallest absolute Gasteiger partial charge is 0.0724 e. The van der Waals surface area contributed by atoms with E-state index in [0.29, 0.717) is 0 Å². The van der Waals surface area contributed by atoms with Crippen molar-refractivity contribution in [1.82, 2.24) is 4.90 Å². The molecule has 14 heavy (non-hydrogen) atoms. The Hall–Kier alpha value is -0.120. The Balaban J connectivity index is 2.29. The van der Waals surface area contributed by atoms with Gasteiger partial charge in [-0.2, -0.15) is 0 Å². The van der Waals surface area contributed by atoms with Crippen LogP contribution in [-0.2, 0) is 9.47 Å². The number of hydrogen-bond acceptors (Lipinski definition) is 3. The lowest BCUT2D eigenvalue weighted by Crippen LogP contribution is -2.40. The van der Waals surface area contributed by atoms with Crippen molar-refractivity contribution in [2.45, 2.75) is 31.8 Å². The molecule has 0 saturated carbocycles. The summed E-state index contributed by atoms with van der Waals surface area (Å²) in [4.78, 5) is 2.16. The van der Waals surface area contributed by atoms with Crippen LogP contribution in [0, 0.1) is 0 Å². The molecule has 0 N–H and O–H groups in total. The summed E-state index contributed by atoms with van der Waals surface area (Å²) < 4.78 is 11.4. The van der Waals surface area contributed by atoms with Crippen LogP contribution in [0.4, 0.5) is 0 Å². The molecule has 0 atom stereocenters. The van der Waals surface area contributed by atoms with Crippen LogP contribution in [0.3, 0.4) is 0 Å². The molecular formula is C11H23NO2. The molecule has 0 aromatic carbocycles. The number of hydrogen-bond donors (Lipinski definition) is 0. The summed E-state index contributed by atoms with van der Waals surface area (Å²) in [5, 5.41) is 0. The molecule has 0 aromatic heterocycles. The molecule has 0 radical (unpaired) electrons. The predicted molar refractivity (Wildman–Crippen MR) is 57.6 cm³/mol. The predicted octanol–water partition coefficient (Wildman–Crippen LogP) is 1.52. The molecule has 1 saturated heterocycles. The Bertz CT molecular complexity index is 153. The fourth-order valence-corrected chi connectivity index (χ4v) is 1.79. The molecule has 1 aliphatic heterocycles. The second kappa shape index (κ2) is 5.69. The minimum Gasteiger partial charge on any atom is -0.381 e. The fraction of sp³-hybridized carbons (Fsp3) is 1.00. The largest absolute Gasteiger partial charge is 0.381 e. The first-order valence-electron chi connectivity index (χ1n) is 5.55. The van der Waals surface area contributed by atoms with Crippen LogP contribution in [0.2, 0.25) is 0 Å². The summed E-state index contributed by atoms with van der Waals surface area (Å²) in [7, 11) is 4.15. The zero-order chi connectivity index (χ0) is 10.4. The summed E-state index contributed by atoms with van der Waals surface area (Å²) in [6.07, 6.45) is 3.21. The second-order valence-electron chi connectivity index (χ2n) is 4.30. The van der Waals surface area contributed by atoms with Crippen molar-refractivity contribution in [3.05, 3.63) is 0 Å². The van der Waals surface area contributed by atoms with Gasteiger partial charge in [-0.1, -0.05) is 6.92 Å². The highest BCUT2D eigenvalue weighted by molar-refractivity contribution is 4.82. The monoisotopic (exact) mass is 201 g/mol. The first kappa shape index (κ1) is 12.0. The molecule has 1 heterocycles. The summed E-state index contributed by atoms with van der Waals surface area (Å²) in [6, 6.07) is 0. The van der Waals surface area contributed by atoms with Gasteiger partial charge in [0.05, 0.1) is 12.2 Å². The Morgan fingerprint density at radius 2 is 1.93 bits per heavy atom. The molecule has 0 spiro atoms. The topological polar surface area (TPSA) is 21.7 Å². The van der Waals surface area contributed by atoms with E-state index in [2.05, 4.69) is 25.9 Å². The van der Waals surface area contributed by atoms with E-state index < -0.39 is 0 Å². The van der Waals surface area contributed by atoms with E-state index in [1.165, 1.54) is 0 Å². The number of likely N-dealkylation sites (N-methyl/N-ethyl adjacent to an activating group) is 1. The Labute approximate surface area is 87.4 Å². The Morgan fingerprint density at radius 1 is 1.29 bits per heavy atom. The molecule has 1 fully saturated rings. The summed E-state index contributed by atoms with van der Waals surface area (Å²) in [6.45, 7) is 5.76. The van der Waals surface area contributed by atoms with Crippen molar-refractivity contribution in [2.75, 3.05) is 40.5 Å². The van der Waals surface area contributed by atoms with E-state index in [9.17, 15) is 0 Å². The van der Waals surface area contributed by atoms with E-state index in [1.54, 1.807) is 0 Å². The van der Waals surface area contributed by atoms with Gasteiger partial charge in [0.15, 0.2) is 0 Å². The molecule has 0 amide bonds. The molecule has 0 bridgehead atoms. The highest BCUT2D eigenvalue weighted by atomic mass is 16.5. The van der Waals surface area contributed by atoms with Crippen molar-refractivity contribution in [3.8, 4) is 0 Å². The summed E-state index contributed by atoms with van der Waals surface area (Å²) >= 11 is 0. The number of rotatable bonds is 5. The molecule has 0 unspecified atom stereocenters. The van der Waals surface area contributed by atoms with Crippen LogP contribution in [-0.4, -0.2) is 51.0 Å². The standard InChI is InChI=1S/C11H23NO2/c1-4-11(5-8-13-9-6-11)14-10-7-12(2)3/h4-10H2,1-3H3. The summed E-state index contributed by atoms with van der Waals surface area (Å²) in [5.41, 5.74) is 0.105. The molecule has 1 aliphatic rings. The number of nitrogens with zero attached hydrogens (tertiary/aromatic N) is 1. The normalized spacial score (nSPS) is 21.4. The minimum absolute atomic E-state index is 0.105. The first-order valence-corrected chi connectivity index (χ1v) is 5.55. The van der Waals surface area contributed by atoms with Gasteiger partial charge in [-0.15, -0.1) is 0 Å². The van der Waals surface area contributed by atoms with Crippen molar-refractivity contribution < 1.29 is 9.47 Å². The van der Waals surface area contributed by atoms with Gasteiger partial charge in [0.2, 0.25) is 0 Å². The van der Waals surface area contributed by atoms with Gasteiger partial charge < -0.3 is 14.4 Å². The molecule has 0 aromatic rings. The van der Waals surface area contributed by atoms with E-state index in [1.807, 2.05) is 0 Å². The number of ether oxygens (including phenoxy) is 2. The molecule has 1 rings (SSSR count). The average molecular weight is 201 g/mol.